The zero-order valence-electron chi connectivity index (χ0n) is 11.3. The van der Waals surface area contributed by atoms with Crippen molar-refractivity contribution in [3.8, 4) is 23.0 Å². The number of nitrogens with zero attached hydrogens (tertiary/aromatic N) is 2. The molecule has 2 rings (SSSR count). The number of hydrogen-bond acceptors (Lipinski definition) is 4. The van der Waals surface area contributed by atoms with E-state index in [4.69, 9.17) is 4.74 Å². The van der Waals surface area contributed by atoms with E-state index in [9.17, 15) is 18.3 Å². The minimum atomic E-state index is -4.63. The van der Waals surface area contributed by atoms with E-state index in [-0.39, 0.29) is 29.1 Å². The lowest BCUT2D eigenvalue weighted by Crippen LogP contribution is -2.14. The molecule has 0 spiro atoms. The van der Waals surface area contributed by atoms with E-state index >= 15 is 0 Å². The normalized spacial score (nSPS) is 11.7. The number of hydrogen-bond donors (Lipinski definition) is 1. The van der Waals surface area contributed by atoms with Crippen LogP contribution in [0.4, 0.5) is 13.2 Å². The third-order valence-corrected chi connectivity index (χ3v) is 2.52. The molecule has 112 valence electrons. The first-order valence-electron chi connectivity index (χ1n) is 6.18. The number of rotatable bonds is 3. The first-order chi connectivity index (χ1) is 9.77. The van der Waals surface area contributed by atoms with Gasteiger partial charge in [-0.25, -0.2) is 0 Å². The number of aromatic hydroxyl groups is 1. The SMILES string of the molecule is CC(C)Oc1nc(-c2ccccc2O)cc(C(F)(F)F)n1. The van der Waals surface area contributed by atoms with Crippen LogP contribution in [0.15, 0.2) is 30.3 Å². The molecule has 2 aromatic rings. The number of alkyl halides is 3. The predicted molar refractivity (Wildman–Crippen MR) is 69.9 cm³/mol. The second-order valence-corrected chi connectivity index (χ2v) is 4.60. The first kappa shape index (κ1) is 15.1. The third kappa shape index (κ3) is 3.62. The Morgan fingerprint density at radius 1 is 1.14 bits per heavy atom. The summed E-state index contributed by atoms with van der Waals surface area (Å²) in [6.07, 6.45) is -5.00. The molecule has 4 nitrogen and oxygen atoms in total. The average molecular weight is 298 g/mol. The van der Waals surface area contributed by atoms with Crippen molar-refractivity contribution in [1.29, 1.82) is 0 Å². The molecule has 0 aliphatic heterocycles. The maximum atomic E-state index is 12.9. The van der Waals surface area contributed by atoms with Crippen LogP contribution in [0.25, 0.3) is 11.3 Å². The van der Waals surface area contributed by atoms with Crippen LogP contribution < -0.4 is 4.74 Å². The molecule has 1 aromatic carbocycles. The molecule has 1 N–H and O–H groups in total. The van der Waals surface area contributed by atoms with Gasteiger partial charge in [-0.3, -0.25) is 0 Å². The van der Waals surface area contributed by atoms with E-state index in [0.29, 0.717) is 0 Å². The van der Waals surface area contributed by atoms with Crippen molar-refractivity contribution in [2.75, 3.05) is 0 Å². The number of phenols is 1. The van der Waals surface area contributed by atoms with Crippen molar-refractivity contribution in [3.63, 3.8) is 0 Å². The number of ether oxygens (including phenoxy) is 1. The average Bonchev–Trinajstić information content (AvgIpc) is 2.37. The number of phenolic OH excluding ortho intramolecular Hbond substituents is 1. The van der Waals surface area contributed by atoms with Crippen LogP contribution in [-0.4, -0.2) is 21.2 Å². The molecular weight excluding hydrogens is 285 g/mol. The second-order valence-electron chi connectivity index (χ2n) is 4.60. The van der Waals surface area contributed by atoms with E-state index in [0.717, 1.165) is 6.07 Å². The Morgan fingerprint density at radius 3 is 2.38 bits per heavy atom. The molecule has 1 aromatic heterocycles. The Kier molecular flexibility index (Phi) is 4.02. The van der Waals surface area contributed by atoms with Crippen LogP contribution in [0.5, 0.6) is 11.8 Å². The molecule has 0 aliphatic carbocycles. The summed E-state index contributed by atoms with van der Waals surface area (Å²) in [7, 11) is 0. The monoisotopic (exact) mass is 298 g/mol. The molecule has 0 fully saturated rings. The Balaban J connectivity index is 2.58. The maximum absolute atomic E-state index is 12.9. The summed E-state index contributed by atoms with van der Waals surface area (Å²) in [6.45, 7) is 3.31. The van der Waals surface area contributed by atoms with Crippen molar-refractivity contribution < 1.29 is 23.0 Å². The number of halogens is 3. The highest BCUT2D eigenvalue weighted by Gasteiger charge is 2.34. The maximum Gasteiger partial charge on any atom is 0.433 e. The van der Waals surface area contributed by atoms with Gasteiger partial charge in [0.25, 0.3) is 0 Å². The van der Waals surface area contributed by atoms with Crippen LogP contribution in [0.3, 0.4) is 0 Å². The first-order valence-corrected chi connectivity index (χ1v) is 6.18. The molecular formula is C14H13F3N2O2. The lowest BCUT2D eigenvalue weighted by Gasteiger charge is -2.13. The molecule has 0 atom stereocenters. The van der Waals surface area contributed by atoms with E-state index in [1.54, 1.807) is 26.0 Å². The van der Waals surface area contributed by atoms with Crippen LogP contribution in [0, 0.1) is 0 Å². The van der Waals surface area contributed by atoms with E-state index in [1.165, 1.54) is 12.1 Å². The molecule has 1 heterocycles. The van der Waals surface area contributed by atoms with Crippen molar-refractivity contribution >= 4 is 0 Å². The van der Waals surface area contributed by atoms with Gasteiger partial charge in [-0.1, -0.05) is 12.1 Å². The van der Waals surface area contributed by atoms with Gasteiger partial charge in [-0.15, -0.1) is 0 Å². The topological polar surface area (TPSA) is 55.2 Å². The molecule has 0 unspecified atom stereocenters. The summed E-state index contributed by atoms with van der Waals surface area (Å²) in [6, 6.07) is 6.40. The van der Waals surface area contributed by atoms with Gasteiger partial charge in [-0.05, 0) is 32.0 Å². The van der Waals surface area contributed by atoms with Gasteiger partial charge in [0.2, 0.25) is 0 Å². The molecule has 0 amide bonds. The summed E-state index contributed by atoms with van der Waals surface area (Å²) in [4.78, 5) is 7.28. The molecule has 7 heteroatoms. The Labute approximate surface area is 119 Å². The van der Waals surface area contributed by atoms with Crippen molar-refractivity contribution in [3.05, 3.63) is 36.0 Å². The fourth-order valence-corrected chi connectivity index (χ4v) is 1.66. The van der Waals surface area contributed by atoms with Gasteiger partial charge < -0.3 is 9.84 Å². The van der Waals surface area contributed by atoms with Gasteiger partial charge in [0.05, 0.1) is 11.8 Å². The highest BCUT2D eigenvalue weighted by molar-refractivity contribution is 5.67. The third-order valence-electron chi connectivity index (χ3n) is 2.52. The number of aromatic nitrogens is 2. The van der Waals surface area contributed by atoms with Gasteiger partial charge in [-0.2, -0.15) is 23.1 Å². The van der Waals surface area contributed by atoms with Gasteiger partial charge in [0, 0.05) is 5.56 Å². The second kappa shape index (κ2) is 5.59. The van der Waals surface area contributed by atoms with E-state index in [2.05, 4.69) is 9.97 Å². The Morgan fingerprint density at radius 2 is 1.81 bits per heavy atom. The number of para-hydroxylation sites is 1. The van der Waals surface area contributed by atoms with Crippen molar-refractivity contribution in [2.45, 2.75) is 26.1 Å². The lowest BCUT2D eigenvalue weighted by molar-refractivity contribution is -0.141. The van der Waals surface area contributed by atoms with Gasteiger partial charge >= 0.3 is 12.2 Å². The van der Waals surface area contributed by atoms with Crippen LogP contribution in [0.2, 0.25) is 0 Å². The van der Waals surface area contributed by atoms with E-state index < -0.39 is 11.9 Å². The zero-order valence-corrected chi connectivity index (χ0v) is 11.3. The summed E-state index contributed by atoms with van der Waals surface area (Å²) in [5.74, 6) is -0.167. The Hall–Kier alpha value is -2.31. The quantitative estimate of drug-likeness (QED) is 0.939. The highest BCUT2D eigenvalue weighted by atomic mass is 19.4. The molecule has 0 saturated carbocycles. The van der Waals surface area contributed by atoms with Gasteiger partial charge in [0.1, 0.15) is 5.75 Å². The highest BCUT2D eigenvalue weighted by Crippen LogP contribution is 2.34. The summed E-state index contributed by atoms with van der Waals surface area (Å²) in [5, 5.41) is 9.75. The Bertz CT molecular complexity index is 642. The molecule has 0 bridgehead atoms. The zero-order chi connectivity index (χ0) is 15.6. The largest absolute Gasteiger partial charge is 0.507 e. The number of benzene rings is 1. The van der Waals surface area contributed by atoms with E-state index in [1.807, 2.05) is 0 Å². The molecule has 0 saturated heterocycles. The molecule has 21 heavy (non-hydrogen) atoms. The van der Waals surface area contributed by atoms with Crippen LogP contribution in [0.1, 0.15) is 19.5 Å². The summed E-state index contributed by atoms with van der Waals surface area (Å²) < 4.78 is 43.8. The predicted octanol–water partition coefficient (Wildman–Crippen LogP) is 3.66. The molecule has 0 aliphatic rings. The standard InChI is InChI=1S/C14H13F3N2O2/c1-8(2)21-13-18-10(7-12(19-13)14(15,16)17)9-5-3-4-6-11(9)20/h3-8,20H,1-2H3. The fraction of sp³-hybridized carbons (Fsp3) is 0.286. The lowest BCUT2D eigenvalue weighted by atomic mass is 10.1. The minimum Gasteiger partial charge on any atom is -0.507 e. The smallest absolute Gasteiger partial charge is 0.433 e. The van der Waals surface area contributed by atoms with Crippen LogP contribution >= 0.6 is 0 Å². The minimum absolute atomic E-state index is 0.0499. The van der Waals surface area contributed by atoms with Crippen LogP contribution in [-0.2, 0) is 6.18 Å². The summed E-state index contributed by atoms with van der Waals surface area (Å²) >= 11 is 0. The summed E-state index contributed by atoms with van der Waals surface area (Å²) in [5.41, 5.74) is -0.989. The molecule has 0 radical (unpaired) electrons. The van der Waals surface area contributed by atoms with Crippen molar-refractivity contribution in [1.82, 2.24) is 9.97 Å². The van der Waals surface area contributed by atoms with Gasteiger partial charge in [0.15, 0.2) is 5.69 Å². The van der Waals surface area contributed by atoms with Crippen molar-refractivity contribution in [2.24, 2.45) is 0 Å². The fourth-order valence-electron chi connectivity index (χ4n) is 1.66.